The van der Waals surface area contributed by atoms with Crippen LogP contribution in [0.2, 0.25) is 0 Å². The molecule has 0 radical (unpaired) electrons. The maximum atomic E-state index is 5.43. The molecule has 0 spiro atoms. The fraction of sp³-hybridized carbons (Fsp3) is 0.750. The van der Waals surface area contributed by atoms with E-state index in [0.717, 1.165) is 13.0 Å². The number of ether oxygens (including phenoxy) is 2. The van der Waals surface area contributed by atoms with Crippen molar-refractivity contribution in [1.82, 2.24) is 0 Å². The highest BCUT2D eigenvalue weighted by atomic mass is 16.5. The van der Waals surface area contributed by atoms with Gasteiger partial charge < -0.3 is 9.47 Å². The maximum Gasteiger partial charge on any atom is 0.126 e. The zero-order chi connectivity index (χ0) is 11.0. The van der Waals surface area contributed by atoms with Crippen LogP contribution in [0.15, 0.2) is 18.1 Å². The molecule has 14 heavy (non-hydrogen) atoms. The van der Waals surface area contributed by atoms with Gasteiger partial charge in [-0.15, -0.1) is 0 Å². The minimum Gasteiger partial charge on any atom is -0.488 e. The van der Waals surface area contributed by atoms with Gasteiger partial charge in [-0.1, -0.05) is 12.7 Å². The molecule has 0 aliphatic heterocycles. The van der Waals surface area contributed by atoms with Gasteiger partial charge in [-0.2, -0.15) is 0 Å². The number of hydrogen-bond acceptors (Lipinski definition) is 2. The largest absolute Gasteiger partial charge is 0.488 e. The van der Waals surface area contributed by atoms with Crippen LogP contribution in [0.25, 0.3) is 0 Å². The predicted octanol–water partition coefficient (Wildman–Crippen LogP) is 3.29. The summed E-state index contributed by atoms with van der Waals surface area (Å²) in [6.45, 7) is 10.8. The highest BCUT2D eigenvalue weighted by Crippen LogP contribution is 2.06. The molecule has 0 aromatic heterocycles. The summed E-state index contributed by atoms with van der Waals surface area (Å²) >= 11 is 0. The van der Waals surface area contributed by atoms with Crippen LogP contribution in [0, 0.1) is 0 Å². The van der Waals surface area contributed by atoms with Crippen molar-refractivity contribution in [3.05, 3.63) is 18.1 Å². The Bertz CT molecular complexity index is 195. The third-order valence-electron chi connectivity index (χ3n) is 1.55. The van der Waals surface area contributed by atoms with Crippen molar-refractivity contribution in [2.75, 3.05) is 6.61 Å². The highest BCUT2D eigenvalue weighted by molar-refractivity contribution is 4.87. The molecule has 0 aliphatic rings. The van der Waals surface area contributed by atoms with Crippen LogP contribution in [0.1, 0.15) is 41.0 Å². The molecular formula is C12H22O2. The predicted molar refractivity (Wildman–Crippen MR) is 59.2 cm³/mol. The Balaban J connectivity index is 3.99. The molecule has 0 N–H and O–H groups in total. The second kappa shape index (κ2) is 6.69. The smallest absolute Gasteiger partial charge is 0.126 e. The van der Waals surface area contributed by atoms with E-state index in [1.165, 1.54) is 0 Å². The first-order valence-electron chi connectivity index (χ1n) is 5.20. The fourth-order valence-electron chi connectivity index (χ4n) is 0.855. The number of hydrogen-bond donors (Lipinski definition) is 0. The lowest BCUT2D eigenvalue weighted by molar-refractivity contribution is 0.0760. The van der Waals surface area contributed by atoms with Crippen LogP contribution in [0.5, 0.6) is 0 Å². The van der Waals surface area contributed by atoms with Crippen molar-refractivity contribution < 1.29 is 9.47 Å². The van der Waals surface area contributed by atoms with E-state index < -0.39 is 0 Å². The average molecular weight is 198 g/mol. The highest BCUT2D eigenvalue weighted by Gasteiger charge is 2.06. The third kappa shape index (κ3) is 7.90. The second-order valence-electron chi connectivity index (χ2n) is 4.08. The lowest BCUT2D eigenvalue weighted by Crippen LogP contribution is -2.15. The van der Waals surface area contributed by atoms with Gasteiger partial charge in [-0.05, 0) is 40.2 Å². The molecular weight excluding hydrogens is 176 g/mol. The topological polar surface area (TPSA) is 18.5 Å². The van der Waals surface area contributed by atoms with Crippen LogP contribution >= 0.6 is 0 Å². The van der Waals surface area contributed by atoms with E-state index in [9.17, 15) is 0 Å². The van der Waals surface area contributed by atoms with E-state index in [4.69, 9.17) is 9.47 Å². The van der Waals surface area contributed by atoms with Gasteiger partial charge in [-0.3, -0.25) is 0 Å². The molecule has 1 atom stereocenters. The molecule has 0 aromatic carbocycles. The van der Waals surface area contributed by atoms with E-state index in [2.05, 4.69) is 12.7 Å². The van der Waals surface area contributed by atoms with E-state index >= 15 is 0 Å². The molecule has 0 aliphatic carbocycles. The summed E-state index contributed by atoms with van der Waals surface area (Å²) in [5.74, 6) is 0. The first kappa shape index (κ1) is 13.3. The van der Waals surface area contributed by atoms with Crippen molar-refractivity contribution in [3.8, 4) is 0 Å². The van der Waals surface area contributed by atoms with E-state index in [1.807, 2.05) is 33.8 Å². The van der Waals surface area contributed by atoms with E-state index in [-0.39, 0.29) is 11.7 Å². The molecule has 0 heterocycles. The van der Waals surface area contributed by atoms with Gasteiger partial charge >= 0.3 is 0 Å². The zero-order valence-electron chi connectivity index (χ0n) is 9.96. The van der Waals surface area contributed by atoms with E-state index in [0.29, 0.717) is 0 Å². The average Bonchev–Trinajstić information content (AvgIpc) is 2.08. The van der Waals surface area contributed by atoms with Gasteiger partial charge in [0.15, 0.2) is 0 Å². The Morgan fingerprint density at radius 3 is 2.36 bits per heavy atom. The SMILES string of the molecule is CCOC(C=C=COC(C)(C)C)CC. The van der Waals surface area contributed by atoms with Crippen molar-refractivity contribution in [3.63, 3.8) is 0 Å². The Hall–Kier alpha value is -0.720. The lowest BCUT2D eigenvalue weighted by atomic mass is 10.2. The van der Waals surface area contributed by atoms with Crippen molar-refractivity contribution in [2.24, 2.45) is 0 Å². The Morgan fingerprint density at radius 1 is 1.29 bits per heavy atom. The van der Waals surface area contributed by atoms with Gasteiger partial charge in [0, 0.05) is 6.61 Å². The van der Waals surface area contributed by atoms with Gasteiger partial charge in [0.05, 0.1) is 6.10 Å². The zero-order valence-corrected chi connectivity index (χ0v) is 9.96. The molecule has 0 rings (SSSR count). The van der Waals surface area contributed by atoms with Crippen LogP contribution in [-0.4, -0.2) is 18.3 Å². The van der Waals surface area contributed by atoms with Crippen molar-refractivity contribution in [2.45, 2.75) is 52.7 Å². The minimum absolute atomic E-state index is 0.145. The summed E-state index contributed by atoms with van der Waals surface area (Å²) < 4.78 is 10.8. The first-order valence-corrected chi connectivity index (χ1v) is 5.20. The molecule has 2 nitrogen and oxygen atoms in total. The van der Waals surface area contributed by atoms with Crippen molar-refractivity contribution in [1.29, 1.82) is 0 Å². The molecule has 0 amide bonds. The molecule has 2 heteroatoms. The summed E-state index contributed by atoms with van der Waals surface area (Å²) in [6.07, 6.45) is 4.61. The molecule has 0 saturated carbocycles. The van der Waals surface area contributed by atoms with Gasteiger partial charge in [0.2, 0.25) is 0 Å². The minimum atomic E-state index is -0.145. The molecule has 0 bridgehead atoms. The molecule has 0 aromatic rings. The molecule has 0 saturated heterocycles. The Kier molecular flexibility index (Phi) is 6.35. The monoisotopic (exact) mass is 198 g/mol. The van der Waals surface area contributed by atoms with Crippen LogP contribution in [0.4, 0.5) is 0 Å². The van der Waals surface area contributed by atoms with E-state index in [1.54, 1.807) is 6.26 Å². The van der Waals surface area contributed by atoms with Gasteiger partial charge in [-0.25, -0.2) is 0 Å². The van der Waals surface area contributed by atoms with Crippen LogP contribution in [0.3, 0.4) is 0 Å². The summed E-state index contributed by atoms with van der Waals surface area (Å²) in [5.41, 5.74) is 2.84. The third-order valence-corrected chi connectivity index (χ3v) is 1.55. The number of rotatable bonds is 5. The second-order valence-corrected chi connectivity index (χ2v) is 4.08. The summed E-state index contributed by atoms with van der Waals surface area (Å²) in [7, 11) is 0. The molecule has 82 valence electrons. The quantitative estimate of drug-likeness (QED) is 0.498. The molecule has 0 fully saturated rings. The fourth-order valence-corrected chi connectivity index (χ4v) is 0.855. The Labute approximate surface area is 87.6 Å². The standard InChI is InChI=1S/C12H22O2/c1-6-11(13-7-2)9-8-10-14-12(3,4)5/h9-11H,6-7H2,1-5H3. The first-order chi connectivity index (χ1) is 6.49. The maximum absolute atomic E-state index is 5.43. The summed E-state index contributed by atoms with van der Waals surface area (Å²) in [5, 5.41) is 0. The van der Waals surface area contributed by atoms with Gasteiger partial charge in [0.1, 0.15) is 11.9 Å². The van der Waals surface area contributed by atoms with Crippen LogP contribution in [-0.2, 0) is 9.47 Å². The van der Waals surface area contributed by atoms with Gasteiger partial charge in [0.25, 0.3) is 0 Å². The summed E-state index contributed by atoms with van der Waals surface area (Å²) in [4.78, 5) is 0. The Morgan fingerprint density at radius 2 is 1.93 bits per heavy atom. The molecule has 1 unspecified atom stereocenters. The normalized spacial score (nSPS) is 12.9. The van der Waals surface area contributed by atoms with Crippen molar-refractivity contribution >= 4 is 0 Å². The van der Waals surface area contributed by atoms with Crippen LogP contribution < -0.4 is 0 Å². The summed E-state index contributed by atoms with van der Waals surface area (Å²) in [6, 6.07) is 0. The lowest BCUT2D eigenvalue weighted by Gasteiger charge is -2.16.